The van der Waals surface area contributed by atoms with Gasteiger partial charge in [0.15, 0.2) is 0 Å². The van der Waals surface area contributed by atoms with Crippen molar-refractivity contribution < 1.29 is 31.8 Å². The third kappa shape index (κ3) is 4.95. The average molecular weight is 366 g/mol. The van der Waals surface area contributed by atoms with Crippen LogP contribution in [0.5, 0.6) is 0 Å². The first kappa shape index (κ1) is 19.2. The van der Waals surface area contributed by atoms with Gasteiger partial charge < -0.3 is 27.2 Å². The second kappa shape index (κ2) is 8.85. The van der Waals surface area contributed by atoms with Gasteiger partial charge in [-0.2, -0.15) is 0 Å². The topological polar surface area (TPSA) is 92.3 Å². The number of esters is 1. The quantitative estimate of drug-likeness (QED) is 0.568. The largest absolute Gasteiger partial charge is 1.00 e. The van der Waals surface area contributed by atoms with Crippen LogP contribution in [0.4, 0.5) is 0 Å². The Labute approximate surface area is 152 Å². The molecule has 1 fully saturated rings. The highest BCUT2D eigenvalue weighted by molar-refractivity contribution is 5.92. The number of aromatic carboxylic acids is 1. The maximum absolute atomic E-state index is 12.0. The Morgan fingerprint density at radius 1 is 1.24 bits per heavy atom. The molecule has 2 N–H and O–H groups in total. The van der Waals surface area contributed by atoms with E-state index in [1.54, 1.807) is 18.2 Å². The smallest absolute Gasteiger partial charge is 0.335 e. The molecule has 1 aliphatic carbocycles. The molecule has 7 heteroatoms. The number of imidazole rings is 1. The van der Waals surface area contributed by atoms with Crippen LogP contribution in [-0.2, 0) is 16.0 Å². The SMILES string of the molecule is O=C(O)c1ccc2nc(CCCOC(=O)C3CCCCC3)[nH]c2c1.[Cl-]. The van der Waals surface area contributed by atoms with Crippen molar-refractivity contribution in [3.05, 3.63) is 29.6 Å². The highest BCUT2D eigenvalue weighted by atomic mass is 35.5. The van der Waals surface area contributed by atoms with E-state index in [9.17, 15) is 9.59 Å². The number of carboxylic acids is 1. The molecule has 0 bridgehead atoms. The van der Waals surface area contributed by atoms with Crippen LogP contribution in [-0.4, -0.2) is 33.6 Å². The maximum Gasteiger partial charge on any atom is 0.335 e. The predicted molar refractivity (Wildman–Crippen MR) is 88.9 cm³/mol. The van der Waals surface area contributed by atoms with Crippen molar-refractivity contribution in [3.8, 4) is 0 Å². The number of nitrogens with zero attached hydrogens (tertiary/aromatic N) is 1. The van der Waals surface area contributed by atoms with Crippen LogP contribution in [0.25, 0.3) is 11.0 Å². The van der Waals surface area contributed by atoms with Crippen molar-refractivity contribution in [1.82, 2.24) is 9.97 Å². The van der Waals surface area contributed by atoms with E-state index >= 15 is 0 Å². The molecule has 25 heavy (non-hydrogen) atoms. The third-order valence-corrected chi connectivity index (χ3v) is 4.52. The van der Waals surface area contributed by atoms with Crippen LogP contribution in [0, 0.1) is 5.92 Å². The number of aromatic amines is 1. The first-order chi connectivity index (χ1) is 11.6. The van der Waals surface area contributed by atoms with Crippen molar-refractivity contribution in [2.45, 2.75) is 44.9 Å². The van der Waals surface area contributed by atoms with Crippen LogP contribution < -0.4 is 12.4 Å². The lowest BCUT2D eigenvalue weighted by Crippen LogP contribution is -3.00. The Kier molecular flexibility index (Phi) is 6.82. The molecule has 1 heterocycles. The van der Waals surface area contributed by atoms with E-state index in [1.807, 2.05) is 0 Å². The normalized spacial score (nSPS) is 14.9. The molecule has 136 valence electrons. The molecule has 0 atom stereocenters. The summed E-state index contributed by atoms with van der Waals surface area (Å²) in [6.45, 7) is 0.396. The number of ether oxygens (including phenoxy) is 1. The summed E-state index contributed by atoms with van der Waals surface area (Å²) in [7, 11) is 0. The number of aryl methyl sites for hydroxylation is 1. The number of hydrogen-bond donors (Lipinski definition) is 2. The van der Waals surface area contributed by atoms with Crippen molar-refractivity contribution in [2.24, 2.45) is 5.92 Å². The van der Waals surface area contributed by atoms with Gasteiger partial charge in [0.25, 0.3) is 0 Å². The van der Waals surface area contributed by atoms with E-state index < -0.39 is 5.97 Å². The Balaban J connectivity index is 0.00000225. The molecular formula is C18H22ClN2O4-. The van der Waals surface area contributed by atoms with Gasteiger partial charge in [0.2, 0.25) is 0 Å². The molecule has 0 radical (unpaired) electrons. The highest BCUT2D eigenvalue weighted by Crippen LogP contribution is 2.24. The maximum atomic E-state index is 12.0. The summed E-state index contributed by atoms with van der Waals surface area (Å²) >= 11 is 0. The number of rotatable bonds is 6. The van der Waals surface area contributed by atoms with Gasteiger partial charge in [0.05, 0.1) is 29.1 Å². The third-order valence-electron chi connectivity index (χ3n) is 4.52. The fraction of sp³-hybridized carbons (Fsp3) is 0.500. The number of carboxylic acid groups (broad SMARTS) is 1. The predicted octanol–water partition coefficient (Wildman–Crippen LogP) is 0.321. The number of carbonyl (C=O) groups is 2. The molecule has 1 aromatic heterocycles. The molecule has 0 spiro atoms. The second-order valence-electron chi connectivity index (χ2n) is 6.33. The fourth-order valence-corrected chi connectivity index (χ4v) is 3.18. The van der Waals surface area contributed by atoms with E-state index in [0.717, 1.165) is 37.0 Å². The molecule has 0 aliphatic heterocycles. The minimum Gasteiger partial charge on any atom is -1.00 e. The molecule has 1 aromatic carbocycles. The van der Waals surface area contributed by atoms with E-state index in [0.29, 0.717) is 25.0 Å². The zero-order valence-electron chi connectivity index (χ0n) is 14.0. The first-order valence-corrected chi connectivity index (χ1v) is 8.52. The van der Waals surface area contributed by atoms with Gasteiger partial charge in [-0.3, -0.25) is 4.79 Å². The van der Waals surface area contributed by atoms with E-state index in [2.05, 4.69) is 9.97 Å². The van der Waals surface area contributed by atoms with Gasteiger partial charge in [0.1, 0.15) is 5.82 Å². The zero-order valence-corrected chi connectivity index (χ0v) is 14.7. The number of carbonyl (C=O) groups excluding carboxylic acids is 1. The summed E-state index contributed by atoms with van der Waals surface area (Å²) < 4.78 is 5.37. The summed E-state index contributed by atoms with van der Waals surface area (Å²) in [5.74, 6) is -0.159. The van der Waals surface area contributed by atoms with Gasteiger partial charge in [-0.25, -0.2) is 9.78 Å². The molecule has 3 rings (SSSR count). The Bertz CT molecular complexity index is 738. The Morgan fingerprint density at radius 2 is 2.00 bits per heavy atom. The van der Waals surface area contributed by atoms with Crippen molar-refractivity contribution in [2.75, 3.05) is 6.61 Å². The Hall–Kier alpha value is -2.08. The van der Waals surface area contributed by atoms with Crippen LogP contribution in [0.1, 0.15) is 54.7 Å². The lowest BCUT2D eigenvalue weighted by atomic mass is 9.89. The molecule has 0 saturated heterocycles. The number of benzene rings is 1. The van der Waals surface area contributed by atoms with Gasteiger partial charge in [-0.1, -0.05) is 19.3 Å². The van der Waals surface area contributed by atoms with Gasteiger partial charge in [0, 0.05) is 6.42 Å². The van der Waals surface area contributed by atoms with Crippen LogP contribution in [0.3, 0.4) is 0 Å². The molecule has 0 unspecified atom stereocenters. The molecule has 0 amide bonds. The van der Waals surface area contributed by atoms with Gasteiger partial charge in [-0.15, -0.1) is 0 Å². The van der Waals surface area contributed by atoms with Crippen molar-refractivity contribution >= 4 is 23.0 Å². The summed E-state index contributed by atoms with van der Waals surface area (Å²) in [5.41, 5.74) is 1.69. The standard InChI is InChI=1S/C18H22N2O4.ClH/c21-17(22)13-8-9-14-15(11-13)20-16(19-14)7-4-10-24-18(23)12-5-2-1-3-6-12;/h8-9,11-12H,1-7,10H2,(H,19,20)(H,21,22);1H/p-1. The van der Waals surface area contributed by atoms with E-state index in [4.69, 9.17) is 9.84 Å². The zero-order chi connectivity index (χ0) is 16.9. The second-order valence-corrected chi connectivity index (χ2v) is 6.33. The summed E-state index contributed by atoms with van der Waals surface area (Å²) in [6, 6.07) is 4.82. The van der Waals surface area contributed by atoms with Crippen LogP contribution in [0.2, 0.25) is 0 Å². The van der Waals surface area contributed by atoms with Gasteiger partial charge in [-0.05, 0) is 37.5 Å². The average Bonchev–Trinajstić information content (AvgIpc) is 3.01. The van der Waals surface area contributed by atoms with Crippen molar-refractivity contribution in [1.29, 1.82) is 0 Å². The first-order valence-electron chi connectivity index (χ1n) is 8.52. The lowest BCUT2D eigenvalue weighted by molar-refractivity contribution is -0.149. The Morgan fingerprint density at radius 3 is 2.72 bits per heavy atom. The molecule has 6 nitrogen and oxygen atoms in total. The van der Waals surface area contributed by atoms with Crippen molar-refractivity contribution in [3.63, 3.8) is 0 Å². The number of H-pyrrole nitrogens is 1. The number of fused-ring (bicyclic) bond motifs is 1. The van der Waals surface area contributed by atoms with Crippen LogP contribution >= 0.6 is 0 Å². The fourth-order valence-electron chi connectivity index (χ4n) is 3.18. The summed E-state index contributed by atoms with van der Waals surface area (Å²) in [6.07, 6.45) is 6.73. The molecule has 1 aliphatic rings. The molecular weight excluding hydrogens is 344 g/mol. The monoisotopic (exact) mass is 365 g/mol. The number of halogens is 1. The van der Waals surface area contributed by atoms with E-state index in [-0.39, 0.29) is 29.9 Å². The highest BCUT2D eigenvalue weighted by Gasteiger charge is 2.22. The summed E-state index contributed by atoms with van der Waals surface area (Å²) in [4.78, 5) is 30.5. The van der Waals surface area contributed by atoms with Crippen LogP contribution in [0.15, 0.2) is 18.2 Å². The number of hydrogen-bond acceptors (Lipinski definition) is 4. The molecule has 1 saturated carbocycles. The number of aromatic nitrogens is 2. The number of nitrogens with one attached hydrogen (secondary N) is 1. The van der Waals surface area contributed by atoms with E-state index in [1.165, 1.54) is 6.42 Å². The summed E-state index contributed by atoms with van der Waals surface area (Å²) in [5, 5.41) is 9.00. The van der Waals surface area contributed by atoms with Gasteiger partial charge >= 0.3 is 11.9 Å². The minimum absolute atomic E-state index is 0. The minimum atomic E-state index is -0.956. The molecule has 2 aromatic rings. The lowest BCUT2D eigenvalue weighted by Gasteiger charge is -2.19.